The van der Waals surface area contributed by atoms with E-state index < -0.39 is 35.1 Å². The molecule has 6 aromatic rings. The summed E-state index contributed by atoms with van der Waals surface area (Å²) in [5.74, 6) is 6.99. The fourth-order valence-electron chi connectivity index (χ4n) is 17.7. The van der Waals surface area contributed by atoms with Gasteiger partial charge in [0.25, 0.3) is 0 Å². The van der Waals surface area contributed by atoms with Crippen LogP contribution in [-0.2, 0) is 55.0 Å². The van der Waals surface area contributed by atoms with Crippen molar-refractivity contribution in [3.05, 3.63) is 153 Å². The fraction of sp³-hybridized carbons (Fsp3) is 0.444. The molecule has 5 N–H and O–H groups in total. The number of methoxy groups -OCH3 is 2. The second-order valence-corrected chi connectivity index (χ2v) is 28.4. The molecule has 8 aliphatic rings. The molecule has 0 unspecified atom stereocenters. The number of aliphatic hydroxyl groups is 1. The van der Waals surface area contributed by atoms with Crippen molar-refractivity contribution in [1.29, 1.82) is 0 Å². The molecule has 6 aliphatic carbocycles. The second kappa shape index (κ2) is 23.2. The maximum Gasteiger partial charge on any atom is 0.316 e. The molecule has 86 heavy (non-hydrogen) atoms. The van der Waals surface area contributed by atoms with Crippen LogP contribution in [0.1, 0.15) is 108 Å². The lowest BCUT2D eigenvalue weighted by atomic mass is 9.38. The van der Waals surface area contributed by atoms with Gasteiger partial charge in [-0.15, -0.1) is 0 Å². The first-order valence-corrected chi connectivity index (χ1v) is 33.3. The van der Waals surface area contributed by atoms with Gasteiger partial charge in [-0.2, -0.15) is 0 Å². The first-order chi connectivity index (χ1) is 41.8. The van der Waals surface area contributed by atoms with E-state index in [0.29, 0.717) is 82.1 Å². The maximum absolute atomic E-state index is 16.9. The van der Waals surface area contributed by atoms with E-state index in [4.69, 9.17) is 23.7 Å². The summed E-state index contributed by atoms with van der Waals surface area (Å²) in [4.78, 5) is 31.0. The van der Waals surface area contributed by atoms with E-state index in [1.54, 1.807) is 41.9 Å². The van der Waals surface area contributed by atoms with Crippen molar-refractivity contribution in [2.75, 3.05) is 45.5 Å². The number of nitrogens with one attached hydrogen (secondary N) is 1. The molecule has 6 aromatic carbocycles. The summed E-state index contributed by atoms with van der Waals surface area (Å²) in [6.07, 6.45) is 5.09. The third-order valence-corrected chi connectivity index (χ3v) is 23.5. The second-order valence-electron chi connectivity index (χ2n) is 25.8. The Balaban J connectivity index is 0.993. The lowest BCUT2D eigenvalue weighted by Gasteiger charge is -2.66. The molecular formula is C72H75NO11S2. The van der Waals surface area contributed by atoms with Crippen LogP contribution in [-0.4, -0.2) is 96.2 Å². The summed E-state index contributed by atoms with van der Waals surface area (Å²) >= 11 is 0. The zero-order valence-corrected chi connectivity index (χ0v) is 50.7. The summed E-state index contributed by atoms with van der Waals surface area (Å²) in [5.41, 5.74) is 9.22. The molecule has 0 radical (unpaired) electrons. The summed E-state index contributed by atoms with van der Waals surface area (Å²) in [7, 11) is 6.75. The van der Waals surface area contributed by atoms with Crippen LogP contribution in [0.15, 0.2) is 109 Å². The van der Waals surface area contributed by atoms with Gasteiger partial charge in [0.05, 0.1) is 37.8 Å². The van der Waals surface area contributed by atoms with Crippen molar-refractivity contribution in [1.82, 2.24) is 5.32 Å². The first-order valence-electron chi connectivity index (χ1n) is 30.9. The number of hydrogen-bond acceptors (Lipinski definition) is 14. The number of carbonyl (C=O) groups excluding carboxylic acids is 2. The van der Waals surface area contributed by atoms with E-state index >= 15 is 4.79 Å². The van der Waals surface area contributed by atoms with E-state index in [9.17, 15) is 25.2 Å². The van der Waals surface area contributed by atoms with E-state index in [2.05, 4.69) is 77.8 Å². The Morgan fingerprint density at radius 3 is 2.57 bits per heavy atom. The van der Waals surface area contributed by atoms with Gasteiger partial charge < -0.3 is 49.4 Å². The number of esters is 2. The highest BCUT2D eigenvalue weighted by molar-refractivity contribution is 8.76. The Morgan fingerprint density at radius 1 is 0.837 bits per heavy atom. The lowest BCUT2D eigenvalue weighted by molar-refractivity contribution is -0.181. The molecule has 0 saturated heterocycles. The largest absolute Gasteiger partial charge is 0.508 e. The number of aliphatic hydroxyl groups excluding tert-OH is 1. The molecule has 1 spiro atoms. The van der Waals surface area contributed by atoms with E-state index in [0.717, 1.165) is 85.9 Å². The minimum absolute atomic E-state index is 0.0279. The van der Waals surface area contributed by atoms with Gasteiger partial charge in [-0.3, -0.25) is 9.59 Å². The van der Waals surface area contributed by atoms with Crippen molar-refractivity contribution < 1.29 is 53.7 Å². The maximum atomic E-state index is 16.9. The molecule has 3 fully saturated rings. The Labute approximate surface area is 511 Å². The molecule has 0 aromatic heterocycles. The fourth-order valence-corrected chi connectivity index (χ4v) is 20.0. The average molecular weight is 1190 g/mol. The van der Waals surface area contributed by atoms with Crippen molar-refractivity contribution in [2.24, 2.45) is 40.9 Å². The molecule has 0 amide bonds. The normalized spacial score (nSPS) is 31.0. The van der Waals surface area contributed by atoms with Crippen LogP contribution in [0.5, 0.6) is 28.7 Å². The number of aromatic hydroxyl groups is 3. The van der Waals surface area contributed by atoms with Crippen molar-refractivity contribution in [2.45, 2.75) is 113 Å². The number of rotatable bonds is 5. The van der Waals surface area contributed by atoms with Crippen LogP contribution < -0.4 is 14.8 Å². The van der Waals surface area contributed by atoms with Crippen molar-refractivity contribution >= 4 is 50.4 Å². The minimum Gasteiger partial charge on any atom is -0.508 e. The number of aryl methyl sites for hydroxylation is 1. The molecule has 2 heterocycles. The van der Waals surface area contributed by atoms with Gasteiger partial charge in [-0.1, -0.05) is 99.7 Å². The number of allylic oxidation sites excluding steroid dienone is 1. The van der Waals surface area contributed by atoms with Gasteiger partial charge in [0.1, 0.15) is 18.0 Å². The van der Waals surface area contributed by atoms with Gasteiger partial charge in [-0.25, -0.2) is 0 Å². The summed E-state index contributed by atoms with van der Waals surface area (Å²) in [6, 6.07) is 34.5. The molecule has 13 atom stereocenters. The number of fused-ring (bicyclic) bond motifs is 11. The summed E-state index contributed by atoms with van der Waals surface area (Å²) in [5, 5.41) is 53.6. The van der Waals surface area contributed by atoms with Gasteiger partial charge in [-0.05, 0) is 202 Å². The zero-order chi connectivity index (χ0) is 59.0. The zero-order valence-electron chi connectivity index (χ0n) is 49.0. The van der Waals surface area contributed by atoms with Gasteiger partial charge in [0.2, 0.25) is 0 Å². The minimum atomic E-state index is -1.20. The van der Waals surface area contributed by atoms with Crippen molar-refractivity contribution in [3.8, 4) is 51.7 Å². The number of carbonyl (C=O) groups is 2. The molecule has 2 aliphatic heterocycles. The summed E-state index contributed by atoms with van der Waals surface area (Å²) in [6.45, 7) is 3.48. The van der Waals surface area contributed by atoms with E-state index in [1.807, 2.05) is 42.5 Å². The van der Waals surface area contributed by atoms with Gasteiger partial charge >= 0.3 is 11.9 Å². The average Bonchev–Trinajstić information content (AvgIpc) is 0.683. The lowest BCUT2D eigenvalue weighted by Crippen LogP contribution is -2.64. The third-order valence-electron chi connectivity index (χ3n) is 21.0. The third kappa shape index (κ3) is 10.1. The number of phenolic OH excluding ortho intramolecular Hbond substituents is 3. The highest BCUT2D eigenvalue weighted by Gasteiger charge is 2.68. The molecule has 14 rings (SSSR count). The molecule has 446 valence electrons. The molecule has 3 saturated carbocycles. The summed E-state index contributed by atoms with van der Waals surface area (Å²) < 4.78 is 32.6. The van der Waals surface area contributed by atoms with E-state index in [1.165, 1.54) is 18.1 Å². The topological polar surface area (TPSA) is 173 Å². The molecular weight excluding hydrogens is 1120 g/mol. The van der Waals surface area contributed by atoms with E-state index in [-0.39, 0.29) is 77.0 Å². The molecule has 12 nitrogen and oxygen atoms in total. The molecule has 14 heteroatoms. The number of benzene rings is 6. The number of phenols is 3. The van der Waals surface area contributed by atoms with Gasteiger partial charge in [0.15, 0.2) is 23.0 Å². The monoisotopic (exact) mass is 1190 g/mol. The molecule has 11 bridgehead atoms. The van der Waals surface area contributed by atoms with Gasteiger partial charge in [0, 0.05) is 62.3 Å². The quantitative estimate of drug-likeness (QED) is 0.0627. The first kappa shape index (κ1) is 57.2. The Bertz CT molecular complexity index is 3760. The predicted molar refractivity (Wildman–Crippen MR) is 335 cm³/mol. The Morgan fingerprint density at radius 2 is 1.71 bits per heavy atom. The smallest absolute Gasteiger partial charge is 0.316 e. The van der Waals surface area contributed by atoms with Crippen LogP contribution >= 0.6 is 21.6 Å². The van der Waals surface area contributed by atoms with Crippen LogP contribution in [0.2, 0.25) is 0 Å². The van der Waals surface area contributed by atoms with Crippen LogP contribution in [0.25, 0.3) is 28.0 Å². The Kier molecular flexibility index (Phi) is 15.4. The highest BCUT2D eigenvalue weighted by atomic mass is 33.1. The van der Waals surface area contributed by atoms with Crippen LogP contribution in [0.3, 0.4) is 0 Å². The Hall–Kier alpha value is -6.60. The standard InChI is InChI=1S/C72H75NO11S2/c1-40(74)83-66-30-54-29-59-57-32-68(64(77)25-49(57)23-60-63(76)33-61-58-31-65(78)67(81-3)26-50(58)24-62(66)72(61,69(59)60)52-16-13-45-8-4-5-9-46(45)21-52)82-17-18-85-86-39-44-19-41-11-12-43(38-80-2)37-73-36-42-7-6-10-47(20-42)56-28-53(75)22-48-14-15-51(27-55(48)56)71(34-41,35-44)70(79)84-54/h4-10,14-15,20-22,25-28,31-32,41,43-44,54,59-63,66,69,73,75-78H,13,16-19,23-24,29-30,33-39H2,1-3H3/t41-,43-,44-,54-,59-,60+,61-,62+,63-,66+,69-,71+,72-/m0/s1. The number of ether oxygens (including phenoxy) is 5. The highest BCUT2D eigenvalue weighted by Crippen LogP contribution is 2.72. The van der Waals surface area contributed by atoms with Crippen LogP contribution in [0, 0.1) is 52.8 Å². The SMILES string of the molecule is COC[C@H]1C#C[C@H]2C[C@@H]3CSSCCOc4cc5c(cc4O)C[C@H]4[C@@H]6[C@H]5C[C@@H](C[C@@H](OC(C)=O)[C@H]5Cc7cc(OC)c(O)cc7[C@H](C[C@@H]4O)[C@]65C4=Cc5ccccc5CC4)OC(=O)[C@](C2)(C3)c2ccc3cc(O)cc(c3c2)-c2cccc(c2)CNC1. The predicted octanol–water partition coefficient (Wildman–Crippen LogP) is 12.4. The number of hydrogen-bond donors (Lipinski definition) is 5. The van der Waals surface area contributed by atoms with Crippen LogP contribution in [0.4, 0.5) is 0 Å². The van der Waals surface area contributed by atoms with Crippen molar-refractivity contribution in [3.63, 3.8) is 0 Å².